The zero-order valence-corrected chi connectivity index (χ0v) is 17.5. The van der Waals surface area contributed by atoms with E-state index in [9.17, 15) is 4.79 Å². The van der Waals surface area contributed by atoms with Gasteiger partial charge in [0.15, 0.2) is 0 Å². The van der Waals surface area contributed by atoms with Crippen molar-refractivity contribution < 1.29 is 9.53 Å². The number of carbonyl (C=O) groups excluding carboxylic acids is 1. The van der Waals surface area contributed by atoms with Crippen LogP contribution in [0.1, 0.15) is 119 Å². The van der Waals surface area contributed by atoms with Crippen molar-refractivity contribution in [3.8, 4) is 0 Å². The van der Waals surface area contributed by atoms with Gasteiger partial charge in [-0.1, -0.05) is 83.8 Å². The highest BCUT2D eigenvalue weighted by molar-refractivity contribution is 5.66. The SMILES string of the molecule is CC(=O)OC(C)(C)C.CCCC/C=C\CCCCCCCCCC. The Morgan fingerprint density at radius 1 is 0.750 bits per heavy atom. The molecule has 0 aromatic heterocycles. The Balaban J connectivity index is 0. The summed E-state index contributed by atoms with van der Waals surface area (Å²) in [5, 5.41) is 0. The fourth-order valence-electron chi connectivity index (χ4n) is 2.38. The quantitative estimate of drug-likeness (QED) is 0.207. The van der Waals surface area contributed by atoms with Crippen LogP contribution in [0.15, 0.2) is 12.2 Å². The molecule has 0 atom stereocenters. The largest absolute Gasteiger partial charge is 0.460 e. The standard InChI is InChI=1S/C16H32.C6H12O2/c1-3-5-7-9-11-13-15-16-14-12-10-8-6-4-2;1-5(7)8-6(2,3)4/h9,11H,3-8,10,12-16H2,1-2H3;1-4H3/b11-9-;. The monoisotopic (exact) mass is 340 g/mol. The molecule has 0 aliphatic heterocycles. The minimum atomic E-state index is -0.328. The summed E-state index contributed by atoms with van der Waals surface area (Å²) in [5.74, 6) is -0.225. The second-order valence-corrected chi connectivity index (χ2v) is 7.58. The number of rotatable bonds is 12. The van der Waals surface area contributed by atoms with Crippen molar-refractivity contribution in [3.63, 3.8) is 0 Å². The Kier molecular flexibility index (Phi) is 19.7. The third-order valence-corrected chi connectivity index (χ3v) is 3.57. The van der Waals surface area contributed by atoms with E-state index in [1.165, 1.54) is 84.0 Å². The van der Waals surface area contributed by atoms with Gasteiger partial charge in [-0.3, -0.25) is 4.79 Å². The minimum Gasteiger partial charge on any atom is -0.460 e. The fraction of sp³-hybridized carbons (Fsp3) is 0.864. The molecule has 0 aromatic rings. The van der Waals surface area contributed by atoms with E-state index in [4.69, 9.17) is 4.74 Å². The molecule has 0 saturated carbocycles. The van der Waals surface area contributed by atoms with E-state index in [0.717, 1.165) is 0 Å². The van der Waals surface area contributed by atoms with Crippen LogP contribution in [0.2, 0.25) is 0 Å². The summed E-state index contributed by atoms with van der Waals surface area (Å²) in [4.78, 5) is 10.2. The molecule has 0 saturated heterocycles. The van der Waals surface area contributed by atoms with E-state index in [1.54, 1.807) is 0 Å². The number of carbonyl (C=O) groups is 1. The number of hydrogen-bond acceptors (Lipinski definition) is 2. The smallest absolute Gasteiger partial charge is 0.303 e. The molecule has 0 N–H and O–H groups in total. The van der Waals surface area contributed by atoms with Gasteiger partial charge in [-0.25, -0.2) is 0 Å². The molecule has 0 bridgehead atoms. The lowest BCUT2D eigenvalue weighted by Gasteiger charge is -2.17. The second kappa shape index (κ2) is 18.5. The molecule has 0 radical (unpaired) electrons. The minimum absolute atomic E-state index is 0.225. The van der Waals surface area contributed by atoms with Crippen molar-refractivity contribution in [1.82, 2.24) is 0 Å². The summed E-state index contributed by atoms with van der Waals surface area (Å²) in [6.45, 7) is 11.5. The Bertz CT molecular complexity index is 287. The van der Waals surface area contributed by atoms with Gasteiger partial charge in [-0.05, 0) is 40.0 Å². The molecule has 0 heterocycles. The Hall–Kier alpha value is -0.790. The van der Waals surface area contributed by atoms with Crippen LogP contribution in [-0.4, -0.2) is 11.6 Å². The maximum absolute atomic E-state index is 10.2. The topological polar surface area (TPSA) is 26.3 Å². The number of ether oxygens (including phenoxy) is 1. The summed E-state index contributed by atoms with van der Waals surface area (Å²) in [5.41, 5.74) is -0.328. The molecule has 0 amide bonds. The van der Waals surface area contributed by atoms with Crippen LogP contribution in [0.3, 0.4) is 0 Å². The normalized spacial score (nSPS) is 11.2. The van der Waals surface area contributed by atoms with Gasteiger partial charge in [0.05, 0.1) is 0 Å². The predicted molar refractivity (Wildman–Crippen MR) is 107 cm³/mol. The predicted octanol–water partition coefficient (Wildman–Crippen LogP) is 7.61. The van der Waals surface area contributed by atoms with Crippen LogP contribution < -0.4 is 0 Å². The van der Waals surface area contributed by atoms with Gasteiger partial charge in [0.25, 0.3) is 0 Å². The van der Waals surface area contributed by atoms with Crippen LogP contribution >= 0.6 is 0 Å². The average Bonchev–Trinajstić information content (AvgIpc) is 2.46. The van der Waals surface area contributed by atoms with Crippen LogP contribution in [0.4, 0.5) is 0 Å². The zero-order chi connectivity index (χ0) is 18.7. The lowest BCUT2D eigenvalue weighted by atomic mass is 10.1. The van der Waals surface area contributed by atoms with Crippen LogP contribution in [0.5, 0.6) is 0 Å². The highest BCUT2D eigenvalue weighted by atomic mass is 16.6. The molecule has 0 aliphatic carbocycles. The van der Waals surface area contributed by atoms with Gasteiger partial charge in [-0.2, -0.15) is 0 Å². The number of allylic oxidation sites excluding steroid dienone is 2. The molecule has 0 unspecified atom stereocenters. The van der Waals surface area contributed by atoms with E-state index >= 15 is 0 Å². The van der Waals surface area contributed by atoms with Crippen molar-refractivity contribution in [2.75, 3.05) is 0 Å². The molecule has 0 aliphatic rings. The lowest BCUT2D eigenvalue weighted by Crippen LogP contribution is -2.21. The van der Waals surface area contributed by atoms with Gasteiger partial charge >= 0.3 is 5.97 Å². The van der Waals surface area contributed by atoms with Crippen LogP contribution in [0, 0.1) is 0 Å². The van der Waals surface area contributed by atoms with E-state index in [0.29, 0.717) is 0 Å². The molecule has 2 nitrogen and oxygen atoms in total. The van der Waals surface area contributed by atoms with Crippen molar-refractivity contribution >= 4 is 5.97 Å². The summed E-state index contributed by atoms with van der Waals surface area (Å²) in [6, 6.07) is 0. The van der Waals surface area contributed by atoms with Crippen molar-refractivity contribution in [3.05, 3.63) is 12.2 Å². The number of hydrogen-bond donors (Lipinski definition) is 0. The maximum Gasteiger partial charge on any atom is 0.303 e. The van der Waals surface area contributed by atoms with Crippen molar-refractivity contribution in [2.45, 2.75) is 124 Å². The highest BCUT2D eigenvalue weighted by Crippen LogP contribution is 2.10. The zero-order valence-electron chi connectivity index (χ0n) is 17.5. The van der Waals surface area contributed by atoms with Crippen LogP contribution in [0.25, 0.3) is 0 Å². The molecule has 144 valence electrons. The van der Waals surface area contributed by atoms with Crippen LogP contribution in [-0.2, 0) is 9.53 Å². The van der Waals surface area contributed by atoms with E-state index < -0.39 is 0 Å². The maximum atomic E-state index is 10.2. The Labute approximate surface area is 152 Å². The summed E-state index contributed by atoms with van der Waals surface area (Å²) in [7, 11) is 0. The summed E-state index contributed by atoms with van der Waals surface area (Å²) < 4.78 is 4.80. The lowest BCUT2D eigenvalue weighted by molar-refractivity contribution is -0.151. The number of unbranched alkanes of at least 4 members (excludes halogenated alkanes) is 10. The summed E-state index contributed by atoms with van der Waals surface area (Å²) in [6.07, 6.45) is 21.5. The van der Waals surface area contributed by atoms with Gasteiger partial charge in [0.1, 0.15) is 5.60 Å². The van der Waals surface area contributed by atoms with Gasteiger partial charge < -0.3 is 4.74 Å². The Morgan fingerprint density at radius 3 is 1.54 bits per heavy atom. The first kappa shape index (κ1) is 25.5. The van der Waals surface area contributed by atoms with Gasteiger partial charge in [0.2, 0.25) is 0 Å². The van der Waals surface area contributed by atoms with Gasteiger partial charge in [0, 0.05) is 6.92 Å². The summed E-state index contributed by atoms with van der Waals surface area (Å²) >= 11 is 0. The third-order valence-electron chi connectivity index (χ3n) is 3.57. The molecular weight excluding hydrogens is 296 g/mol. The fourth-order valence-corrected chi connectivity index (χ4v) is 2.38. The van der Waals surface area contributed by atoms with Crippen molar-refractivity contribution in [1.29, 1.82) is 0 Å². The molecular formula is C22H44O2. The molecule has 0 fully saturated rings. The first-order valence-corrected chi connectivity index (χ1v) is 10.2. The number of esters is 1. The van der Waals surface area contributed by atoms with E-state index in [1.807, 2.05) is 20.8 Å². The molecule has 0 rings (SSSR count). The average molecular weight is 341 g/mol. The van der Waals surface area contributed by atoms with E-state index in [-0.39, 0.29) is 11.6 Å². The molecule has 0 spiro atoms. The first-order valence-electron chi connectivity index (χ1n) is 10.2. The van der Waals surface area contributed by atoms with Gasteiger partial charge in [-0.15, -0.1) is 0 Å². The highest BCUT2D eigenvalue weighted by Gasteiger charge is 2.11. The van der Waals surface area contributed by atoms with Crippen molar-refractivity contribution in [2.24, 2.45) is 0 Å². The first-order chi connectivity index (χ1) is 11.3. The van der Waals surface area contributed by atoms with E-state index in [2.05, 4.69) is 26.0 Å². The molecule has 0 aromatic carbocycles. The molecule has 24 heavy (non-hydrogen) atoms. The second-order valence-electron chi connectivity index (χ2n) is 7.58. The molecule has 2 heteroatoms. The third kappa shape index (κ3) is 29.2. The Morgan fingerprint density at radius 2 is 1.17 bits per heavy atom.